The van der Waals surface area contributed by atoms with Crippen molar-refractivity contribution in [1.29, 1.82) is 5.26 Å². The van der Waals surface area contributed by atoms with Crippen LogP contribution in [0.4, 0.5) is 0 Å². The largest absolute Gasteiger partial charge is 0.337 e. The van der Waals surface area contributed by atoms with Crippen LogP contribution in [0.5, 0.6) is 0 Å². The van der Waals surface area contributed by atoms with Gasteiger partial charge in [-0.25, -0.2) is 0 Å². The van der Waals surface area contributed by atoms with E-state index in [0.29, 0.717) is 31.0 Å². The van der Waals surface area contributed by atoms with Crippen molar-refractivity contribution in [2.24, 2.45) is 5.92 Å². The number of hydrogen-bond acceptors (Lipinski definition) is 3. The lowest BCUT2D eigenvalue weighted by molar-refractivity contribution is 0.0739. The highest BCUT2D eigenvalue weighted by Crippen LogP contribution is 2.12. The molecule has 0 saturated carbocycles. The highest BCUT2D eigenvalue weighted by molar-refractivity contribution is 7.80. The Bertz CT molecular complexity index is 451. The smallest absolute Gasteiger partial charge is 0.253 e. The van der Waals surface area contributed by atoms with Gasteiger partial charge in [-0.05, 0) is 24.1 Å². The Labute approximate surface area is 114 Å². The Morgan fingerprint density at radius 3 is 2.78 bits per heavy atom. The number of benzene rings is 1. The molecule has 0 aliphatic carbocycles. The monoisotopic (exact) mass is 262 g/mol. The molecule has 0 aliphatic heterocycles. The van der Waals surface area contributed by atoms with Crippen LogP contribution in [0.2, 0.25) is 0 Å². The Morgan fingerprint density at radius 2 is 2.22 bits per heavy atom. The molecule has 3 nitrogen and oxygen atoms in total. The minimum Gasteiger partial charge on any atom is -0.337 e. The van der Waals surface area contributed by atoms with E-state index in [-0.39, 0.29) is 5.91 Å². The van der Waals surface area contributed by atoms with Gasteiger partial charge in [-0.3, -0.25) is 4.79 Å². The van der Waals surface area contributed by atoms with E-state index in [1.807, 2.05) is 12.1 Å². The van der Waals surface area contributed by atoms with E-state index in [9.17, 15) is 4.79 Å². The van der Waals surface area contributed by atoms with E-state index in [2.05, 4.69) is 32.5 Å². The Kier molecular flexibility index (Phi) is 5.73. The zero-order chi connectivity index (χ0) is 13.5. The third-order valence-electron chi connectivity index (χ3n) is 2.46. The number of rotatable bonds is 5. The molecule has 0 radical (unpaired) electrons. The minimum absolute atomic E-state index is 0.0325. The predicted molar refractivity (Wildman–Crippen MR) is 74.7 cm³/mol. The van der Waals surface area contributed by atoms with Crippen LogP contribution in [-0.2, 0) is 0 Å². The average Bonchev–Trinajstić information content (AvgIpc) is 2.33. The third kappa shape index (κ3) is 4.42. The summed E-state index contributed by atoms with van der Waals surface area (Å²) in [6, 6.07) is 9.26. The van der Waals surface area contributed by atoms with Gasteiger partial charge >= 0.3 is 0 Å². The van der Waals surface area contributed by atoms with Crippen molar-refractivity contribution in [3.63, 3.8) is 0 Å². The summed E-state index contributed by atoms with van der Waals surface area (Å²) in [4.78, 5) is 14.8. The summed E-state index contributed by atoms with van der Waals surface area (Å²) in [7, 11) is 0. The molecule has 0 aliphatic rings. The third-order valence-corrected chi connectivity index (χ3v) is 2.74. The molecule has 0 spiro atoms. The van der Waals surface area contributed by atoms with E-state index in [1.165, 1.54) is 0 Å². The lowest BCUT2D eigenvalue weighted by Gasteiger charge is -2.23. The van der Waals surface area contributed by atoms with Gasteiger partial charge in [0.2, 0.25) is 0 Å². The fourth-order valence-electron chi connectivity index (χ4n) is 1.72. The van der Waals surface area contributed by atoms with Gasteiger partial charge in [0.05, 0.1) is 12.5 Å². The molecule has 0 atom stereocenters. The molecule has 0 N–H and O–H groups in total. The van der Waals surface area contributed by atoms with Gasteiger partial charge in [0.15, 0.2) is 0 Å². The van der Waals surface area contributed by atoms with E-state index >= 15 is 0 Å². The molecule has 0 bridgehead atoms. The quantitative estimate of drug-likeness (QED) is 0.829. The fourth-order valence-corrected chi connectivity index (χ4v) is 1.95. The lowest BCUT2D eigenvalue weighted by atomic mass is 10.1. The summed E-state index contributed by atoms with van der Waals surface area (Å²) in [5, 5.41) is 8.65. The Hall–Kier alpha value is -1.47. The van der Waals surface area contributed by atoms with Crippen molar-refractivity contribution in [3.05, 3.63) is 29.8 Å². The molecule has 1 aromatic carbocycles. The summed E-state index contributed by atoms with van der Waals surface area (Å²) < 4.78 is 0. The van der Waals surface area contributed by atoms with Gasteiger partial charge in [-0.15, -0.1) is 12.6 Å². The van der Waals surface area contributed by atoms with Crippen molar-refractivity contribution in [1.82, 2.24) is 4.90 Å². The van der Waals surface area contributed by atoms with Crippen molar-refractivity contribution in [3.8, 4) is 6.07 Å². The molecule has 1 rings (SSSR count). The highest BCUT2D eigenvalue weighted by Gasteiger charge is 2.16. The minimum atomic E-state index is -0.0325. The molecule has 18 heavy (non-hydrogen) atoms. The van der Waals surface area contributed by atoms with Gasteiger partial charge in [0.1, 0.15) is 0 Å². The first-order chi connectivity index (χ1) is 8.54. The zero-order valence-corrected chi connectivity index (χ0v) is 11.7. The molecular formula is C14H18N2OS. The number of thiol groups is 1. The van der Waals surface area contributed by atoms with Gasteiger partial charge < -0.3 is 4.90 Å². The van der Waals surface area contributed by atoms with Crippen LogP contribution in [0.15, 0.2) is 29.2 Å². The Balaban J connectivity index is 2.84. The van der Waals surface area contributed by atoms with Gasteiger partial charge in [0, 0.05) is 23.5 Å². The number of nitriles is 1. The summed E-state index contributed by atoms with van der Waals surface area (Å²) in [5.74, 6) is 0.349. The van der Waals surface area contributed by atoms with Gasteiger partial charge in [-0.2, -0.15) is 5.26 Å². The number of carbonyl (C=O) groups is 1. The highest BCUT2D eigenvalue weighted by atomic mass is 32.1. The zero-order valence-electron chi connectivity index (χ0n) is 10.8. The second-order valence-electron chi connectivity index (χ2n) is 4.60. The second-order valence-corrected chi connectivity index (χ2v) is 5.12. The van der Waals surface area contributed by atoms with Crippen LogP contribution in [-0.4, -0.2) is 23.9 Å². The van der Waals surface area contributed by atoms with E-state index in [1.54, 1.807) is 17.0 Å². The van der Waals surface area contributed by atoms with Crippen LogP contribution in [0.3, 0.4) is 0 Å². The maximum absolute atomic E-state index is 12.3. The average molecular weight is 262 g/mol. The van der Waals surface area contributed by atoms with Crippen molar-refractivity contribution < 1.29 is 4.79 Å². The van der Waals surface area contributed by atoms with Crippen LogP contribution in [0.25, 0.3) is 0 Å². The topological polar surface area (TPSA) is 44.1 Å². The molecule has 0 aromatic heterocycles. The fraction of sp³-hybridized carbons (Fsp3) is 0.429. The standard InChI is InChI=1S/C14H18N2OS/c1-11(2)10-16(8-4-7-15)14(17)12-5-3-6-13(18)9-12/h3,5-6,9,11,18H,4,8,10H2,1-2H3. The van der Waals surface area contributed by atoms with Crippen LogP contribution in [0, 0.1) is 17.2 Å². The molecule has 1 amide bonds. The number of hydrogen-bond donors (Lipinski definition) is 1. The molecule has 0 saturated heterocycles. The maximum Gasteiger partial charge on any atom is 0.253 e. The molecule has 4 heteroatoms. The normalized spacial score (nSPS) is 10.2. The van der Waals surface area contributed by atoms with Gasteiger partial charge in [0.25, 0.3) is 5.91 Å². The van der Waals surface area contributed by atoms with E-state index in [0.717, 1.165) is 4.90 Å². The van der Waals surface area contributed by atoms with E-state index in [4.69, 9.17) is 5.26 Å². The van der Waals surface area contributed by atoms with Gasteiger partial charge in [-0.1, -0.05) is 19.9 Å². The summed E-state index contributed by atoms with van der Waals surface area (Å²) >= 11 is 4.23. The molecule has 1 aromatic rings. The predicted octanol–water partition coefficient (Wildman–Crippen LogP) is 2.99. The number of amides is 1. The first-order valence-corrected chi connectivity index (χ1v) is 6.44. The SMILES string of the molecule is CC(C)CN(CCC#N)C(=O)c1cccc(S)c1. The van der Waals surface area contributed by atoms with Crippen LogP contribution < -0.4 is 0 Å². The second kappa shape index (κ2) is 7.07. The van der Waals surface area contributed by atoms with E-state index < -0.39 is 0 Å². The molecule has 0 unspecified atom stereocenters. The molecule has 0 fully saturated rings. The Morgan fingerprint density at radius 1 is 1.50 bits per heavy atom. The van der Waals surface area contributed by atoms with Crippen LogP contribution >= 0.6 is 12.6 Å². The number of carbonyl (C=O) groups excluding carboxylic acids is 1. The maximum atomic E-state index is 12.3. The first kappa shape index (κ1) is 14.6. The summed E-state index contributed by atoms with van der Waals surface area (Å²) in [6.07, 6.45) is 0.360. The summed E-state index contributed by atoms with van der Waals surface area (Å²) in [6.45, 7) is 5.25. The molecular weight excluding hydrogens is 244 g/mol. The van der Waals surface area contributed by atoms with Crippen molar-refractivity contribution >= 4 is 18.5 Å². The lowest BCUT2D eigenvalue weighted by Crippen LogP contribution is -2.35. The first-order valence-electron chi connectivity index (χ1n) is 6.00. The molecule has 96 valence electrons. The van der Waals surface area contributed by atoms with Crippen molar-refractivity contribution in [2.45, 2.75) is 25.2 Å². The molecule has 0 heterocycles. The number of nitrogens with zero attached hydrogens (tertiary/aromatic N) is 2. The van der Waals surface area contributed by atoms with Crippen molar-refractivity contribution in [2.75, 3.05) is 13.1 Å². The summed E-state index contributed by atoms with van der Waals surface area (Å²) in [5.41, 5.74) is 0.626. The van der Waals surface area contributed by atoms with Crippen LogP contribution in [0.1, 0.15) is 30.6 Å².